The molecule has 4 aromatic rings. The van der Waals surface area contributed by atoms with Gasteiger partial charge in [0.25, 0.3) is 5.56 Å². The third-order valence-electron chi connectivity index (χ3n) is 10.8. The molecule has 50 heavy (non-hydrogen) atoms. The molecule has 266 valence electrons. The monoisotopic (exact) mass is 700 g/mol. The molecule has 0 unspecified atom stereocenters. The number of methoxy groups -OCH3 is 2. The molecule has 11 heteroatoms. The Morgan fingerprint density at radius 3 is 1.94 bits per heavy atom. The van der Waals surface area contributed by atoms with Gasteiger partial charge < -0.3 is 28.5 Å². The minimum absolute atomic E-state index is 0.197. The van der Waals surface area contributed by atoms with Gasteiger partial charge in [-0.15, -0.1) is 0 Å². The molecule has 2 N–H and O–H groups in total. The number of nitrogens with zero attached hydrogens (tertiary/aromatic N) is 1. The highest BCUT2D eigenvalue weighted by molar-refractivity contribution is 6.74. The van der Waals surface area contributed by atoms with Crippen molar-refractivity contribution < 1.29 is 28.5 Å². The van der Waals surface area contributed by atoms with Crippen molar-refractivity contribution in [2.45, 2.75) is 94.4 Å². The van der Waals surface area contributed by atoms with Crippen LogP contribution >= 0.6 is 0 Å². The highest BCUT2D eigenvalue weighted by Gasteiger charge is 2.65. The maximum atomic E-state index is 13.3. The van der Waals surface area contributed by atoms with Crippen molar-refractivity contribution >= 4 is 8.32 Å². The molecule has 1 saturated heterocycles. The van der Waals surface area contributed by atoms with Crippen molar-refractivity contribution in [3.8, 4) is 11.5 Å². The fourth-order valence-electron chi connectivity index (χ4n) is 6.98. The van der Waals surface area contributed by atoms with E-state index < -0.39 is 55.3 Å². The second-order valence-electron chi connectivity index (χ2n) is 14.9. The first-order chi connectivity index (χ1) is 23.6. The van der Waals surface area contributed by atoms with Crippen LogP contribution in [-0.4, -0.2) is 61.1 Å². The number of ether oxygens (including phenoxy) is 4. The van der Waals surface area contributed by atoms with Gasteiger partial charge in [-0.1, -0.05) is 75.4 Å². The first kappa shape index (κ1) is 35.8. The number of nitrogens with one attached hydrogen (secondary N) is 1. The summed E-state index contributed by atoms with van der Waals surface area (Å²) in [7, 11) is 0.728. The molecule has 0 amide bonds. The van der Waals surface area contributed by atoms with E-state index in [-0.39, 0.29) is 5.04 Å². The molecular formula is C39H48N2O8Si. The van der Waals surface area contributed by atoms with Crippen LogP contribution in [-0.2, 0) is 19.5 Å². The van der Waals surface area contributed by atoms with E-state index in [2.05, 4.69) is 38.8 Å². The number of aromatic amines is 1. The van der Waals surface area contributed by atoms with Gasteiger partial charge in [0.2, 0.25) is 0 Å². The molecule has 10 nitrogen and oxygen atoms in total. The fourth-order valence-corrected chi connectivity index (χ4v) is 8.29. The van der Waals surface area contributed by atoms with E-state index in [1.165, 1.54) is 10.8 Å². The largest absolute Gasteiger partial charge is 0.497 e. The lowest BCUT2D eigenvalue weighted by Crippen LogP contribution is -2.55. The second kappa shape index (κ2) is 13.3. The van der Waals surface area contributed by atoms with Crippen LogP contribution < -0.4 is 20.7 Å². The molecule has 2 heterocycles. The maximum absolute atomic E-state index is 13.3. The average Bonchev–Trinajstić information content (AvgIpc) is 3.56. The summed E-state index contributed by atoms with van der Waals surface area (Å²) in [5.41, 5.74) is -0.847. The lowest BCUT2D eigenvalue weighted by Gasteiger charge is -2.42. The number of aromatic nitrogens is 2. The van der Waals surface area contributed by atoms with Gasteiger partial charge in [0.1, 0.15) is 34.9 Å². The summed E-state index contributed by atoms with van der Waals surface area (Å²) in [4.78, 5) is 28.1. The van der Waals surface area contributed by atoms with Crippen molar-refractivity contribution in [1.82, 2.24) is 9.55 Å². The maximum Gasteiger partial charge on any atom is 0.330 e. The quantitative estimate of drug-likeness (QED) is 0.152. The summed E-state index contributed by atoms with van der Waals surface area (Å²) in [6.07, 6.45) is -1.17. The Labute approximate surface area is 294 Å². The topological polar surface area (TPSA) is 121 Å². The Morgan fingerprint density at radius 1 is 0.880 bits per heavy atom. The average molecular weight is 701 g/mol. The Bertz CT molecular complexity index is 1870. The number of rotatable bonds is 10. The SMILES string of the molecule is COc1ccc(C(O[C@@H]2CC[C@]3(O)[C@H](O[Si](C)(C)C(C)(C)C)[C@H](n4cc(C)c(=O)[nH]c4=O)O[C@H]23)(c2ccccc2)c2ccc(OC)cc2)cc1. The van der Waals surface area contributed by atoms with Gasteiger partial charge in [0.15, 0.2) is 14.5 Å². The zero-order valence-corrected chi connectivity index (χ0v) is 31.1. The van der Waals surface area contributed by atoms with Crippen LogP contribution in [0.3, 0.4) is 0 Å². The van der Waals surface area contributed by atoms with Crippen molar-refractivity contribution in [3.05, 3.63) is 128 Å². The predicted octanol–water partition coefficient (Wildman–Crippen LogP) is 6.05. The number of H-pyrrole nitrogens is 1. The smallest absolute Gasteiger partial charge is 0.330 e. The van der Waals surface area contributed by atoms with E-state index in [1.807, 2.05) is 78.9 Å². The fraction of sp³-hybridized carbons (Fsp3) is 0.436. The lowest BCUT2D eigenvalue weighted by molar-refractivity contribution is -0.139. The number of fused-ring (bicyclic) bond motifs is 1. The van der Waals surface area contributed by atoms with Gasteiger partial charge in [-0.25, -0.2) is 4.79 Å². The van der Waals surface area contributed by atoms with Crippen molar-refractivity contribution in [2.24, 2.45) is 0 Å². The molecule has 0 spiro atoms. The van der Waals surface area contributed by atoms with Crippen LogP contribution in [0.4, 0.5) is 0 Å². The molecule has 1 aromatic heterocycles. The molecule has 3 aromatic carbocycles. The van der Waals surface area contributed by atoms with E-state index in [4.69, 9.17) is 23.4 Å². The third kappa shape index (κ3) is 6.15. The molecule has 2 aliphatic rings. The van der Waals surface area contributed by atoms with Crippen LogP contribution in [0.5, 0.6) is 11.5 Å². The summed E-state index contributed by atoms with van der Waals surface area (Å²) in [5, 5.41) is 12.6. The van der Waals surface area contributed by atoms with Crippen molar-refractivity contribution in [3.63, 3.8) is 0 Å². The van der Waals surface area contributed by atoms with Crippen molar-refractivity contribution in [2.75, 3.05) is 14.2 Å². The van der Waals surface area contributed by atoms with Gasteiger partial charge in [-0.2, -0.15) is 0 Å². The number of aryl methyl sites for hydroxylation is 1. The van der Waals surface area contributed by atoms with E-state index in [1.54, 1.807) is 21.1 Å². The van der Waals surface area contributed by atoms with E-state index in [9.17, 15) is 14.7 Å². The van der Waals surface area contributed by atoms with Crippen molar-refractivity contribution in [1.29, 1.82) is 0 Å². The van der Waals surface area contributed by atoms with Gasteiger partial charge in [-0.05, 0) is 78.9 Å². The van der Waals surface area contributed by atoms with E-state index in [0.717, 1.165) is 16.7 Å². The Morgan fingerprint density at radius 2 is 1.42 bits per heavy atom. The van der Waals surface area contributed by atoms with Gasteiger partial charge in [0, 0.05) is 11.8 Å². The number of benzene rings is 3. The molecule has 2 fully saturated rings. The highest BCUT2D eigenvalue weighted by Crippen LogP contribution is 2.54. The van der Waals surface area contributed by atoms with Gasteiger partial charge in [0.05, 0.1) is 20.3 Å². The summed E-state index contributed by atoms with van der Waals surface area (Å²) < 4.78 is 33.6. The van der Waals surface area contributed by atoms with Crippen LogP contribution in [0.1, 0.15) is 62.1 Å². The molecule has 6 rings (SSSR count). The standard InChI is InChI=1S/C39H48N2O8Si/c1-25-24-41(36(43)40-34(25)42)35-33(49-50(7,8)37(2,3)4)38(44)23-22-31(32(38)47-35)48-39(26-12-10-9-11-13-26,27-14-18-29(45-5)19-15-27)28-16-20-30(46-6)21-17-28/h9-21,24,31-33,35,44H,22-23H2,1-8H3,(H,40,42,43)/t31-,32-,33-,35-,38-/m1/s1. The minimum atomic E-state index is -2.53. The molecule has 1 saturated carbocycles. The first-order valence-corrected chi connectivity index (χ1v) is 20.0. The van der Waals surface area contributed by atoms with E-state index >= 15 is 0 Å². The molecule has 1 aliphatic carbocycles. The number of aliphatic hydroxyl groups is 1. The highest BCUT2D eigenvalue weighted by atomic mass is 28.4. The summed E-state index contributed by atoms with van der Waals surface area (Å²) >= 11 is 0. The molecule has 0 bridgehead atoms. The Balaban J connectivity index is 1.51. The Hall–Kier alpha value is -4.00. The molecule has 1 aliphatic heterocycles. The predicted molar refractivity (Wildman–Crippen MR) is 193 cm³/mol. The second-order valence-corrected chi connectivity index (χ2v) is 19.7. The van der Waals surface area contributed by atoms with Gasteiger partial charge >= 0.3 is 5.69 Å². The number of hydrogen-bond acceptors (Lipinski definition) is 8. The molecule has 5 atom stereocenters. The summed E-state index contributed by atoms with van der Waals surface area (Å²) in [6, 6.07) is 25.5. The zero-order chi connectivity index (χ0) is 36.1. The number of hydrogen-bond donors (Lipinski definition) is 2. The van der Waals surface area contributed by atoms with Gasteiger partial charge in [-0.3, -0.25) is 14.3 Å². The van der Waals surface area contributed by atoms with Crippen LogP contribution in [0.25, 0.3) is 0 Å². The normalized spacial score (nSPS) is 23.9. The summed E-state index contributed by atoms with van der Waals surface area (Å²) in [5.74, 6) is 1.41. The van der Waals surface area contributed by atoms with Crippen LogP contribution in [0.15, 0.2) is 94.6 Å². The van der Waals surface area contributed by atoms with Crippen LogP contribution in [0, 0.1) is 6.92 Å². The first-order valence-electron chi connectivity index (χ1n) is 17.0. The molecule has 0 radical (unpaired) electrons. The van der Waals surface area contributed by atoms with E-state index in [0.29, 0.717) is 29.9 Å². The third-order valence-corrected chi connectivity index (χ3v) is 15.3. The Kier molecular flexibility index (Phi) is 9.51. The lowest BCUT2D eigenvalue weighted by atomic mass is 9.79. The van der Waals surface area contributed by atoms with Crippen LogP contribution in [0.2, 0.25) is 18.1 Å². The molecular weight excluding hydrogens is 653 g/mol. The minimum Gasteiger partial charge on any atom is -0.497 e. The zero-order valence-electron chi connectivity index (χ0n) is 30.1. The summed E-state index contributed by atoms with van der Waals surface area (Å²) in [6.45, 7) is 12.2.